The normalized spacial score (nSPS) is 14.3. The van der Waals surface area contributed by atoms with Gasteiger partial charge in [-0.15, -0.1) is 11.6 Å². The molecule has 118 valence electrons. The van der Waals surface area contributed by atoms with E-state index in [0.717, 1.165) is 0 Å². The summed E-state index contributed by atoms with van der Waals surface area (Å²) in [6.07, 6.45) is 0. The Morgan fingerprint density at radius 2 is 1.86 bits per heavy atom. The molecule has 1 N–H and O–H groups in total. The zero-order chi connectivity index (χ0) is 16.1. The van der Waals surface area contributed by atoms with Crippen molar-refractivity contribution >= 4 is 33.0 Å². The Kier molecular flexibility index (Phi) is 6.04. The number of carbonyl (C=O) groups is 1. The molecule has 1 amide bonds. The van der Waals surface area contributed by atoms with E-state index >= 15 is 0 Å². The second-order valence-corrected chi connectivity index (χ2v) is 7.65. The van der Waals surface area contributed by atoms with Gasteiger partial charge >= 0.3 is 0 Å². The summed E-state index contributed by atoms with van der Waals surface area (Å²) in [6, 6.07) is 6.70. The average Bonchev–Trinajstić information content (AvgIpc) is 2.48. The number of nitrogens with one attached hydrogen (secondary N) is 1. The van der Waals surface area contributed by atoms with Crippen molar-refractivity contribution in [3.63, 3.8) is 0 Å². The molecule has 0 radical (unpaired) electrons. The molecule has 0 fully saturated rings. The quantitative estimate of drug-likeness (QED) is 0.778. The number of rotatable bonds is 7. The summed E-state index contributed by atoms with van der Waals surface area (Å²) in [4.78, 5) is 12.3. The smallest absolute Gasteiger partial charge is 0.246 e. The van der Waals surface area contributed by atoms with E-state index in [9.17, 15) is 13.2 Å². The minimum atomic E-state index is -3.61. The van der Waals surface area contributed by atoms with Gasteiger partial charge in [0, 0.05) is 11.4 Å². The summed E-state index contributed by atoms with van der Waals surface area (Å²) in [6.45, 7) is 5.25. The highest BCUT2D eigenvalue weighted by atomic mass is 35.5. The van der Waals surface area contributed by atoms with Crippen LogP contribution in [0.5, 0.6) is 5.75 Å². The first-order valence-electron chi connectivity index (χ1n) is 6.63. The van der Waals surface area contributed by atoms with Crippen LogP contribution in [-0.4, -0.2) is 37.3 Å². The number of carbonyl (C=O) groups excluding carboxylic acids is 1. The molecule has 0 saturated heterocycles. The van der Waals surface area contributed by atoms with Gasteiger partial charge < -0.3 is 10.1 Å². The van der Waals surface area contributed by atoms with E-state index in [-0.39, 0.29) is 11.6 Å². The second kappa shape index (κ2) is 7.13. The van der Waals surface area contributed by atoms with Gasteiger partial charge in [-0.05, 0) is 38.1 Å². The molecule has 7 heteroatoms. The van der Waals surface area contributed by atoms with Crippen LogP contribution in [0.25, 0.3) is 0 Å². The summed E-state index contributed by atoms with van der Waals surface area (Å²) in [5, 5.41) is 2.59. The number of benzene rings is 1. The van der Waals surface area contributed by atoms with Crippen LogP contribution >= 0.6 is 11.6 Å². The van der Waals surface area contributed by atoms with E-state index in [4.69, 9.17) is 16.3 Å². The fraction of sp³-hybridized carbons (Fsp3) is 0.500. The highest BCUT2D eigenvalue weighted by Gasteiger charge is 2.44. The number of hydrogen-bond acceptors (Lipinski definition) is 4. The van der Waals surface area contributed by atoms with E-state index < -0.39 is 20.5 Å². The standard InChI is InChI=1S/C14H20ClNO4S/c1-4-20-12-8-6-11(7-9-12)16-13(17)14(3,10-15)21(18,19)5-2/h6-9H,4-5,10H2,1-3H3,(H,16,17). The van der Waals surface area contributed by atoms with Crippen LogP contribution in [-0.2, 0) is 14.6 Å². The second-order valence-electron chi connectivity index (χ2n) is 4.68. The highest BCUT2D eigenvalue weighted by Crippen LogP contribution is 2.23. The first-order valence-corrected chi connectivity index (χ1v) is 8.82. The third-order valence-corrected chi connectivity index (χ3v) is 6.38. The predicted octanol–water partition coefficient (Wildman–Crippen LogP) is 2.46. The number of ether oxygens (including phenoxy) is 1. The minimum absolute atomic E-state index is 0.146. The van der Waals surface area contributed by atoms with Crippen LogP contribution in [0, 0.1) is 0 Å². The molecule has 1 unspecified atom stereocenters. The summed E-state index contributed by atoms with van der Waals surface area (Å²) < 4.78 is 27.8. The average molecular weight is 334 g/mol. The van der Waals surface area contributed by atoms with Crippen LogP contribution < -0.4 is 10.1 Å². The number of halogens is 1. The maximum Gasteiger partial charge on any atom is 0.246 e. The topological polar surface area (TPSA) is 72.5 Å². The predicted molar refractivity (Wildman–Crippen MR) is 84.8 cm³/mol. The third-order valence-electron chi connectivity index (χ3n) is 3.22. The zero-order valence-corrected chi connectivity index (χ0v) is 13.9. The number of alkyl halides is 1. The van der Waals surface area contributed by atoms with E-state index in [2.05, 4.69) is 5.32 Å². The Bertz CT molecular complexity index is 585. The summed E-state index contributed by atoms with van der Waals surface area (Å²) >= 11 is 5.74. The Morgan fingerprint density at radius 3 is 2.29 bits per heavy atom. The van der Waals surface area contributed by atoms with Gasteiger partial charge in [0.15, 0.2) is 14.6 Å². The van der Waals surface area contributed by atoms with E-state index in [1.807, 2.05) is 6.92 Å². The van der Waals surface area contributed by atoms with Crippen molar-refractivity contribution in [2.45, 2.75) is 25.5 Å². The lowest BCUT2D eigenvalue weighted by molar-refractivity contribution is -0.117. The first kappa shape index (κ1) is 17.8. The van der Waals surface area contributed by atoms with Gasteiger partial charge in [0.25, 0.3) is 0 Å². The van der Waals surface area contributed by atoms with Gasteiger partial charge in [-0.2, -0.15) is 0 Å². The van der Waals surface area contributed by atoms with Gasteiger partial charge in [-0.3, -0.25) is 4.79 Å². The summed E-state index contributed by atoms with van der Waals surface area (Å²) in [5.74, 6) is -0.404. The number of hydrogen-bond donors (Lipinski definition) is 1. The molecule has 0 aliphatic heterocycles. The van der Waals surface area contributed by atoms with Gasteiger partial charge in [-0.1, -0.05) is 6.92 Å². The Hall–Kier alpha value is -1.27. The molecule has 0 aromatic heterocycles. The monoisotopic (exact) mass is 333 g/mol. The molecule has 0 aliphatic rings. The van der Waals surface area contributed by atoms with E-state index in [1.54, 1.807) is 24.3 Å². The Labute approximate surface area is 130 Å². The largest absolute Gasteiger partial charge is 0.494 e. The molecule has 0 spiro atoms. The maximum atomic E-state index is 12.3. The minimum Gasteiger partial charge on any atom is -0.494 e. The molecular weight excluding hydrogens is 314 g/mol. The molecule has 21 heavy (non-hydrogen) atoms. The van der Waals surface area contributed by atoms with E-state index in [0.29, 0.717) is 18.0 Å². The molecule has 0 bridgehead atoms. The van der Waals surface area contributed by atoms with Gasteiger partial charge in [0.2, 0.25) is 5.91 Å². The van der Waals surface area contributed by atoms with Crippen molar-refractivity contribution in [3.05, 3.63) is 24.3 Å². The fourth-order valence-electron chi connectivity index (χ4n) is 1.67. The molecule has 0 heterocycles. The summed E-state index contributed by atoms with van der Waals surface area (Å²) in [5.41, 5.74) is 0.492. The molecule has 1 rings (SSSR count). The molecule has 1 aromatic carbocycles. The van der Waals surface area contributed by atoms with Crippen molar-refractivity contribution in [2.24, 2.45) is 0 Å². The lowest BCUT2D eigenvalue weighted by Crippen LogP contribution is -2.49. The lowest BCUT2D eigenvalue weighted by atomic mass is 10.2. The van der Waals surface area contributed by atoms with Gasteiger partial charge in [0.1, 0.15) is 5.75 Å². The Morgan fingerprint density at radius 1 is 1.29 bits per heavy atom. The number of sulfone groups is 1. The maximum absolute atomic E-state index is 12.3. The first-order chi connectivity index (χ1) is 9.80. The van der Waals surface area contributed by atoms with Crippen LogP contribution in [0.4, 0.5) is 5.69 Å². The van der Waals surface area contributed by atoms with Crippen molar-refractivity contribution in [1.29, 1.82) is 0 Å². The molecular formula is C14H20ClNO4S. The van der Waals surface area contributed by atoms with Crippen molar-refractivity contribution < 1.29 is 17.9 Å². The molecule has 1 aromatic rings. The van der Waals surface area contributed by atoms with Crippen LogP contribution in [0.1, 0.15) is 20.8 Å². The van der Waals surface area contributed by atoms with Crippen LogP contribution in [0.3, 0.4) is 0 Å². The molecule has 0 aliphatic carbocycles. The Balaban J connectivity index is 2.93. The van der Waals surface area contributed by atoms with Crippen molar-refractivity contribution in [3.8, 4) is 5.75 Å². The number of anilines is 1. The SMILES string of the molecule is CCOc1ccc(NC(=O)C(C)(CCl)S(=O)(=O)CC)cc1. The summed E-state index contributed by atoms with van der Waals surface area (Å²) in [7, 11) is -3.61. The zero-order valence-electron chi connectivity index (χ0n) is 12.3. The van der Waals surface area contributed by atoms with Gasteiger partial charge in [0.05, 0.1) is 12.5 Å². The van der Waals surface area contributed by atoms with Crippen molar-refractivity contribution in [2.75, 3.05) is 23.6 Å². The molecule has 5 nitrogen and oxygen atoms in total. The molecule has 0 saturated carbocycles. The number of amides is 1. The van der Waals surface area contributed by atoms with Crippen LogP contribution in [0.2, 0.25) is 0 Å². The van der Waals surface area contributed by atoms with Crippen LogP contribution in [0.15, 0.2) is 24.3 Å². The van der Waals surface area contributed by atoms with E-state index in [1.165, 1.54) is 13.8 Å². The molecule has 1 atom stereocenters. The highest BCUT2D eigenvalue weighted by molar-refractivity contribution is 7.93. The van der Waals surface area contributed by atoms with Crippen molar-refractivity contribution in [1.82, 2.24) is 0 Å². The fourth-order valence-corrected chi connectivity index (χ4v) is 3.43. The third kappa shape index (κ3) is 3.89. The van der Waals surface area contributed by atoms with Gasteiger partial charge in [-0.25, -0.2) is 8.42 Å². The lowest BCUT2D eigenvalue weighted by Gasteiger charge is -2.25.